The second kappa shape index (κ2) is 10.6. The molecule has 0 fully saturated rings. The van der Waals surface area contributed by atoms with Crippen LogP contribution in [0.5, 0.6) is 0 Å². The number of carbonyl (C=O) groups excluding carboxylic acids is 3. The van der Waals surface area contributed by atoms with E-state index in [0.717, 1.165) is 11.1 Å². The van der Waals surface area contributed by atoms with Crippen molar-refractivity contribution in [3.8, 4) is 0 Å². The molecule has 142 valence electrons. The number of rotatable bonds is 9. The second-order valence-electron chi connectivity index (χ2n) is 5.86. The van der Waals surface area contributed by atoms with E-state index in [9.17, 15) is 14.4 Å². The van der Waals surface area contributed by atoms with Crippen LogP contribution in [-0.4, -0.2) is 24.0 Å². The van der Waals surface area contributed by atoms with Crippen LogP contribution in [0.1, 0.15) is 24.0 Å². The summed E-state index contributed by atoms with van der Waals surface area (Å²) in [5.41, 5.74) is 6.76. The van der Waals surface area contributed by atoms with Crippen LogP contribution < -0.4 is 11.1 Å². The van der Waals surface area contributed by atoms with E-state index in [-0.39, 0.29) is 26.1 Å². The molecule has 0 aliphatic rings. The number of nitrogens with one attached hydrogen (secondary N) is 1. The van der Waals surface area contributed by atoms with Gasteiger partial charge >= 0.3 is 12.1 Å². The van der Waals surface area contributed by atoms with Crippen molar-refractivity contribution >= 4 is 18.0 Å². The van der Waals surface area contributed by atoms with Gasteiger partial charge in [-0.2, -0.15) is 0 Å². The minimum atomic E-state index is -1.02. The molecule has 0 saturated heterocycles. The summed E-state index contributed by atoms with van der Waals surface area (Å²) in [4.78, 5) is 35.3. The summed E-state index contributed by atoms with van der Waals surface area (Å²) in [5.74, 6) is -1.23. The third-order valence-electron chi connectivity index (χ3n) is 3.69. The molecule has 1 unspecified atom stereocenters. The van der Waals surface area contributed by atoms with E-state index in [4.69, 9.17) is 15.2 Å². The molecule has 2 aromatic rings. The molecule has 7 nitrogen and oxygen atoms in total. The number of primary amides is 1. The average molecular weight is 370 g/mol. The summed E-state index contributed by atoms with van der Waals surface area (Å²) in [6.45, 7) is 0.127. The molecule has 0 aliphatic carbocycles. The number of esters is 1. The normalized spacial score (nSPS) is 11.3. The van der Waals surface area contributed by atoms with Gasteiger partial charge in [-0.05, 0) is 17.5 Å². The molecule has 3 N–H and O–H groups in total. The molecule has 7 heteroatoms. The Kier molecular flexibility index (Phi) is 7.84. The van der Waals surface area contributed by atoms with Crippen LogP contribution >= 0.6 is 0 Å². The zero-order chi connectivity index (χ0) is 19.5. The van der Waals surface area contributed by atoms with Gasteiger partial charge in [0.05, 0.1) is 0 Å². The molecule has 27 heavy (non-hydrogen) atoms. The zero-order valence-corrected chi connectivity index (χ0v) is 14.8. The second-order valence-corrected chi connectivity index (χ2v) is 5.86. The minimum absolute atomic E-state index is 0.0311. The van der Waals surface area contributed by atoms with Gasteiger partial charge in [-0.25, -0.2) is 9.59 Å². The van der Waals surface area contributed by atoms with Gasteiger partial charge in [0.25, 0.3) is 0 Å². The molecule has 2 rings (SSSR count). The van der Waals surface area contributed by atoms with Gasteiger partial charge in [0.1, 0.15) is 19.3 Å². The first-order chi connectivity index (χ1) is 13.0. The molecule has 0 aliphatic heterocycles. The first-order valence-electron chi connectivity index (χ1n) is 8.50. The lowest BCUT2D eigenvalue weighted by Gasteiger charge is -2.17. The van der Waals surface area contributed by atoms with Crippen molar-refractivity contribution in [2.24, 2.45) is 5.73 Å². The van der Waals surface area contributed by atoms with Crippen molar-refractivity contribution in [1.29, 1.82) is 0 Å². The van der Waals surface area contributed by atoms with E-state index in [0.29, 0.717) is 0 Å². The van der Waals surface area contributed by atoms with Gasteiger partial charge in [0.2, 0.25) is 5.91 Å². The van der Waals surface area contributed by atoms with E-state index in [1.165, 1.54) is 0 Å². The van der Waals surface area contributed by atoms with Gasteiger partial charge in [-0.3, -0.25) is 4.79 Å². The molecule has 0 aromatic heterocycles. The zero-order valence-electron chi connectivity index (χ0n) is 14.8. The topological polar surface area (TPSA) is 108 Å². The van der Waals surface area contributed by atoms with Gasteiger partial charge in [0, 0.05) is 6.42 Å². The summed E-state index contributed by atoms with van der Waals surface area (Å²) < 4.78 is 10.3. The predicted molar refractivity (Wildman–Crippen MR) is 98.2 cm³/mol. The summed E-state index contributed by atoms with van der Waals surface area (Å²) in [6, 6.07) is 17.2. The third kappa shape index (κ3) is 7.60. The fourth-order valence-corrected chi connectivity index (χ4v) is 2.27. The first-order valence-corrected chi connectivity index (χ1v) is 8.50. The van der Waals surface area contributed by atoms with Crippen LogP contribution in [0.15, 0.2) is 60.7 Å². The number of hydrogen-bond donors (Lipinski definition) is 2. The standard InChI is InChI=1S/C20H22N2O5/c21-18(23)12-11-17(19(24)26-13-15-7-3-1-4-8-15)22-20(25)27-14-16-9-5-2-6-10-16/h1-10,17H,11-14H2,(H2,21,23)(H,22,25). The Bertz CT molecular complexity index is 749. The lowest BCUT2D eigenvalue weighted by atomic mass is 10.1. The van der Waals surface area contributed by atoms with E-state index in [2.05, 4.69) is 5.32 Å². The maximum atomic E-state index is 12.3. The van der Waals surface area contributed by atoms with Crippen molar-refractivity contribution in [3.05, 3.63) is 71.8 Å². The highest BCUT2D eigenvalue weighted by Gasteiger charge is 2.23. The number of amides is 2. The maximum Gasteiger partial charge on any atom is 0.408 e. The SMILES string of the molecule is NC(=O)CCC(NC(=O)OCc1ccccc1)C(=O)OCc1ccccc1. The van der Waals surface area contributed by atoms with Crippen molar-refractivity contribution < 1.29 is 23.9 Å². The Morgan fingerprint density at radius 1 is 0.852 bits per heavy atom. The molecule has 2 aromatic carbocycles. The predicted octanol–water partition coefficient (Wildman–Crippen LogP) is 2.29. The fourth-order valence-electron chi connectivity index (χ4n) is 2.27. The average Bonchev–Trinajstić information content (AvgIpc) is 2.69. The van der Waals surface area contributed by atoms with Gasteiger partial charge in [-0.15, -0.1) is 0 Å². The minimum Gasteiger partial charge on any atom is -0.459 e. The maximum absolute atomic E-state index is 12.3. The summed E-state index contributed by atoms with van der Waals surface area (Å²) >= 11 is 0. The van der Waals surface area contributed by atoms with Crippen molar-refractivity contribution in [1.82, 2.24) is 5.32 Å². The largest absolute Gasteiger partial charge is 0.459 e. The molecule has 2 amide bonds. The molecule has 0 bridgehead atoms. The Hall–Kier alpha value is -3.35. The van der Waals surface area contributed by atoms with Crippen LogP contribution in [0.2, 0.25) is 0 Å². The van der Waals surface area contributed by atoms with E-state index in [1.54, 1.807) is 0 Å². The smallest absolute Gasteiger partial charge is 0.408 e. The molecule has 0 heterocycles. The van der Waals surface area contributed by atoms with Crippen LogP contribution in [0.3, 0.4) is 0 Å². The van der Waals surface area contributed by atoms with Crippen LogP contribution in [0.4, 0.5) is 4.79 Å². The van der Waals surface area contributed by atoms with Crippen LogP contribution in [-0.2, 0) is 32.3 Å². The van der Waals surface area contributed by atoms with Crippen molar-refractivity contribution in [3.63, 3.8) is 0 Å². The quantitative estimate of drug-likeness (QED) is 0.659. The number of hydrogen-bond acceptors (Lipinski definition) is 5. The number of nitrogens with two attached hydrogens (primary N) is 1. The summed E-state index contributed by atoms with van der Waals surface area (Å²) in [6.07, 6.45) is -0.807. The Labute approximate surface area is 157 Å². The lowest BCUT2D eigenvalue weighted by Crippen LogP contribution is -2.42. The third-order valence-corrected chi connectivity index (χ3v) is 3.69. The number of ether oxygens (including phenoxy) is 2. The van der Waals surface area contributed by atoms with E-state index >= 15 is 0 Å². The van der Waals surface area contributed by atoms with Crippen LogP contribution in [0.25, 0.3) is 0 Å². The highest BCUT2D eigenvalue weighted by atomic mass is 16.6. The molecule has 0 radical (unpaired) electrons. The van der Waals surface area contributed by atoms with Gasteiger partial charge < -0.3 is 20.5 Å². The van der Waals surface area contributed by atoms with Crippen molar-refractivity contribution in [2.75, 3.05) is 0 Å². The fraction of sp³-hybridized carbons (Fsp3) is 0.250. The monoisotopic (exact) mass is 370 g/mol. The molecular weight excluding hydrogens is 348 g/mol. The molecule has 0 spiro atoms. The first kappa shape index (κ1) is 20.0. The highest BCUT2D eigenvalue weighted by Crippen LogP contribution is 2.06. The Balaban J connectivity index is 1.88. The Morgan fingerprint density at radius 3 is 1.89 bits per heavy atom. The number of carbonyl (C=O) groups is 3. The number of benzene rings is 2. The summed E-state index contributed by atoms with van der Waals surface area (Å²) in [5, 5.41) is 2.44. The highest BCUT2D eigenvalue weighted by molar-refractivity contribution is 5.82. The summed E-state index contributed by atoms with van der Waals surface area (Å²) in [7, 11) is 0. The van der Waals surface area contributed by atoms with Gasteiger partial charge in [-0.1, -0.05) is 60.7 Å². The van der Waals surface area contributed by atoms with E-state index in [1.807, 2.05) is 60.7 Å². The van der Waals surface area contributed by atoms with Crippen molar-refractivity contribution in [2.45, 2.75) is 32.1 Å². The Morgan fingerprint density at radius 2 is 1.37 bits per heavy atom. The number of alkyl carbamates (subject to hydrolysis) is 1. The van der Waals surface area contributed by atoms with Gasteiger partial charge in [0.15, 0.2) is 0 Å². The van der Waals surface area contributed by atoms with E-state index < -0.39 is 24.0 Å². The lowest BCUT2D eigenvalue weighted by molar-refractivity contribution is -0.147. The molecule has 1 atom stereocenters. The molecular formula is C20H22N2O5. The van der Waals surface area contributed by atoms with Crippen LogP contribution in [0, 0.1) is 0 Å². The molecule has 0 saturated carbocycles.